The van der Waals surface area contributed by atoms with E-state index in [1.165, 1.54) is 16.0 Å². The lowest BCUT2D eigenvalue weighted by Crippen LogP contribution is -2.26. The summed E-state index contributed by atoms with van der Waals surface area (Å²) in [6.45, 7) is 0. The molecule has 4 rings (SSSR count). The van der Waals surface area contributed by atoms with E-state index in [0.29, 0.717) is 10.8 Å². The quantitative estimate of drug-likeness (QED) is 0.615. The number of nitrogens with one attached hydrogen (secondary N) is 1. The highest BCUT2D eigenvalue weighted by Crippen LogP contribution is 2.22. The van der Waals surface area contributed by atoms with Crippen LogP contribution in [0, 0.1) is 0 Å². The number of hydrogen-bond acceptors (Lipinski definition) is 4. The predicted molar refractivity (Wildman–Crippen MR) is 85.2 cm³/mol. The fraction of sp³-hybridized carbons (Fsp3) is 0. The van der Waals surface area contributed by atoms with Crippen molar-refractivity contribution in [2.45, 2.75) is 0 Å². The van der Waals surface area contributed by atoms with Gasteiger partial charge in [0.2, 0.25) is 5.13 Å². The Hall–Kier alpha value is -2.93. The van der Waals surface area contributed by atoms with Crippen LogP contribution < -0.4 is 11.4 Å². The Morgan fingerprint density at radius 3 is 2.45 bits per heavy atom. The molecule has 1 N–H and O–H groups in total. The Kier molecular flexibility index (Phi) is 2.80. The van der Waals surface area contributed by atoms with E-state index in [9.17, 15) is 9.59 Å². The normalized spacial score (nSPS) is 11.1. The minimum Gasteiger partial charge on any atom is -0.246 e. The predicted octanol–water partition coefficient (Wildman–Crippen LogP) is 1.93. The summed E-state index contributed by atoms with van der Waals surface area (Å²) in [7, 11) is 0. The second kappa shape index (κ2) is 4.81. The summed E-state index contributed by atoms with van der Waals surface area (Å²) in [5.74, 6) is 0. The third-order valence-corrected chi connectivity index (χ3v) is 4.30. The molecule has 0 bridgehead atoms. The highest BCUT2D eigenvalue weighted by Gasteiger charge is 2.15. The molecule has 0 aliphatic carbocycles. The number of rotatable bonds is 2. The van der Waals surface area contributed by atoms with Crippen LogP contribution in [0.25, 0.3) is 21.0 Å². The van der Waals surface area contributed by atoms with E-state index >= 15 is 0 Å². The van der Waals surface area contributed by atoms with Crippen LogP contribution in [-0.4, -0.2) is 19.3 Å². The molecule has 0 spiro atoms. The summed E-state index contributed by atoms with van der Waals surface area (Å²) in [6, 6.07) is 16.4. The molecule has 0 aliphatic rings. The smallest absolute Gasteiger partial charge is 0.246 e. The molecule has 0 amide bonds. The molecule has 22 heavy (non-hydrogen) atoms. The van der Waals surface area contributed by atoms with E-state index in [2.05, 4.69) is 10.1 Å². The van der Waals surface area contributed by atoms with Crippen molar-refractivity contribution < 1.29 is 0 Å². The zero-order valence-electron chi connectivity index (χ0n) is 11.3. The van der Waals surface area contributed by atoms with Gasteiger partial charge >= 0.3 is 11.4 Å². The van der Waals surface area contributed by atoms with Gasteiger partial charge in [0.25, 0.3) is 0 Å². The summed E-state index contributed by atoms with van der Waals surface area (Å²) in [5, 5.41) is 2.99. The molecule has 4 aromatic rings. The third kappa shape index (κ3) is 1.91. The zero-order valence-corrected chi connectivity index (χ0v) is 12.1. The van der Waals surface area contributed by atoms with E-state index in [-0.39, 0.29) is 0 Å². The summed E-state index contributed by atoms with van der Waals surface area (Å²) in [6.07, 6.45) is 0. The van der Waals surface area contributed by atoms with Crippen molar-refractivity contribution in [1.29, 1.82) is 0 Å². The topological polar surface area (TPSA) is 72.7 Å². The van der Waals surface area contributed by atoms with Crippen molar-refractivity contribution in [2.75, 3.05) is 0 Å². The van der Waals surface area contributed by atoms with E-state index < -0.39 is 11.4 Å². The number of aromatic amines is 1. The molecule has 2 heterocycles. The molecule has 0 fully saturated rings. The number of H-pyrrole nitrogens is 1. The number of nitrogens with zero attached hydrogens (tertiary/aromatic N) is 3. The molecule has 0 atom stereocenters. The van der Waals surface area contributed by atoms with Gasteiger partial charge < -0.3 is 0 Å². The van der Waals surface area contributed by atoms with Crippen molar-refractivity contribution in [3.8, 4) is 10.8 Å². The van der Waals surface area contributed by atoms with E-state index in [1.54, 1.807) is 24.3 Å². The van der Waals surface area contributed by atoms with Gasteiger partial charge in [0.1, 0.15) is 0 Å². The number of aromatic nitrogens is 4. The molecule has 2 aromatic carbocycles. The van der Waals surface area contributed by atoms with Crippen LogP contribution in [0.1, 0.15) is 0 Å². The molecule has 0 unspecified atom stereocenters. The first-order valence-electron chi connectivity index (χ1n) is 6.59. The van der Waals surface area contributed by atoms with E-state index in [4.69, 9.17) is 0 Å². The van der Waals surface area contributed by atoms with E-state index in [1.807, 2.05) is 30.3 Å². The lowest BCUT2D eigenvalue weighted by atomic mass is 10.3. The highest BCUT2D eigenvalue weighted by atomic mass is 32.1. The highest BCUT2D eigenvalue weighted by molar-refractivity contribution is 7.20. The lowest BCUT2D eigenvalue weighted by molar-refractivity contribution is 0.821. The first-order valence-corrected chi connectivity index (χ1v) is 7.41. The van der Waals surface area contributed by atoms with Crippen LogP contribution in [-0.2, 0) is 0 Å². The SMILES string of the molecule is O=c1[nH]n(-c2nc3ccccc3s2)c(=O)n1-c1ccccc1. The summed E-state index contributed by atoms with van der Waals surface area (Å²) in [5.41, 5.74) is 0.363. The van der Waals surface area contributed by atoms with Gasteiger partial charge in [-0.05, 0) is 24.3 Å². The van der Waals surface area contributed by atoms with Crippen molar-refractivity contribution in [1.82, 2.24) is 19.3 Å². The molecule has 0 saturated carbocycles. The van der Waals surface area contributed by atoms with Gasteiger partial charge in [0.05, 0.1) is 15.9 Å². The number of fused-ring (bicyclic) bond motifs is 1. The molecular weight excluding hydrogens is 300 g/mol. The second-order valence-corrected chi connectivity index (χ2v) is 5.68. The first kappa shape index (κ1) is 12.8. The van der Waals surface area contributed by atoms with Gasteiger partial charge in [0, 0.05) is 0 Å². The maximum absolute atomic E-state index is 12.5. The molecule has 2 aromatic heterocycles. The van der Waals surface area contributed by atoms with Crippen LogP contribution in [0.5, 0.6) is 0 Å². The van der Waals surface area contributed by atoms with Gasteiger partial charge in [0.15, 0.2) is 0 Å². The average molecular weight is 310 g/mol. The number of para-hydroxylation sites is 2. The molecule has 108 valence electrons. The lowest BCUT2D eigenvalue weighted by Gasteiger charge is -1.97. The molecule has 6 nitrogen and oxygen atoms in total. The van der Waals surface area contributed by atoms with Crippen LogP contribution in [0.3, 0.4) is 0 Å². The number of thiazole rings is 1. The largest absolute Gasteiger partial charge is 0.358 e. The Balaban J connectivity index is 1.94. The standard InChI is InChI=1S/C15H10N4O2S/c20-13-17-19(14-16-11-8-4-5-9-12(11)22-14)15(21)18(13)10-6-2-1-3-7-10/h1-9H,(H,17,20). The number of hydrogen-bond donors (Lipinski definition) is 1. The van der Waals surface area contributed by atoms with Crippen molar-refractivity contribution in [3.05, 3.63) is 75.6 Å². The van der Waals surface area contributed by atoms with Gasteiger partial charge in [-0.3, -0.25) is 0 Å². The Morgan fingerprint density at radius 1 is 0.955 bits per heavy atom. The van der Waals surface area contributed by atoms with Crippen LogP contribution >= 0.6 is 11.3 Å². The second-order valence-electron chi connectivity index (χ2n) is 4.67. The van der Waals surface area contributed by atoms with Crippen LogP contribution in [0.15, 0.2) is 64.2 Å². The Bertz CT molecular complexity index is 1040. The summed E-state index contributed by atoms with van der Waals surface area (Å²) >= 11 is 1.35. The van der Waals surface area contributed by atoms with Crippen LogP contribution in [0.4, 0.5) is 0 Å². The van der Waals surface area contributed by atoms with Crippen molar-refractivity contribution in [3.63, 3.8) is 0 Å². The van der Waals surface area contributed by atoms with Gasteiger partial charge in [-0.2, -0.15) is 4.68 Å². The average Bonchev–Trinajstić information content (AvgIpc) is 3.09. The molecule has 0 radical (unpaired) electrons. The van der Waals surface area contributed by atoms with Gasteiger partial charge in [-0.25, -0.2) is 24.2 Å². The molecule has 7 heteroatoms. The summed E-state index contributed by atoms with van der Waals surface area (Å²) < 4.78 is 3.23. The minimum atomic E-state index is -0.490. The fourth-order valence-electron chi connectivity index (χ4n) is 2.27. The van der Waals surface area contributed by atoms with Gasteiger partial charge in [-0.1, -0.05) is 41.7 Å². The monoisotopic (exact) mass is 310 g/mol. The maximum atomic E-state index is 12.5. The number of benzene rings is 2. The molecule has 0 saturated heterocycles. The fourth-order valence-corrected chi connectivity index (χ4v) is 3.19. The zero-order chi connectivity index (χ0) is 15.1. The molecule has 0 aliphatic heterocycles. The summed E-state index contributed by atoms with van der Waals surface area (Å²) in [4.78, 5) is 29.0. The maximum Gasteiger partial charge on any atom is 0.358 e. The minimum absolute atomic E-state index is 0.443. The Labute approximate surface area is 127 Å². The van der Waals surface area contributed by atoms with E-state index in [0.717, 1.165) is 14.8 Å². The van der Waals surface area contributed by atoms with Crippen molar-refractivity contribution in [2.24, 2.45) is 0 Å². The first-order chi connectivity index (χ1) is 10.7. The third-order valence-electron chi connectivity index (χ3n) is 3.28. The molecular formula is C15H10N4O2S. The van der Waals surface area contributed by atoms with Crippen LogP contribution in [0.2, 0.25) is 0 Å². The Morgan fingerprint density at radius 2 is 1.68 bits per heavy atom. The van der Waals surface area contributed by atoms with Gasteiger partial charge in [-0.15, -0.1) is 0 Å². The van der Waals surface area contributed by atoms with Crippen molar-refractivity contribution >= 4 is 21.6 Å².